The standard InChI is InChI=1S/C14H11BrO2/c1-10-6-2-3-7-11(10)12-8-4-5-9-13(12)14(16)17-15/h2-9H,1H3. The van der Waals surface area contributed by atoms with Crippen LogP contribution in [0.5, 0.6) is 0 Å². The van der Waals surface area contributed by atoms with E-state index in [9.17, 15) is 4.79 Å². The van der Waals surface area contributed by atoms with E-state index in [0.717, 1.165) is 16.7 Å². The van der Waals surface area contributed by atoms with Gasteiger partial charge in [-0.1, -0.05) is 42.5 Å². The summed E-state index contributed by atoms with van der Waals surface area (Å²) in [5.41, 5.74) is 3.61. The zero-order valence-electron chi connectivity index (χ0n) is 9.31. The third-order valence-electron chi connectivity index (χ3n) is 2.65. The summed E-state index contributed by atoms with van der Waals surface area (Å²) < 4.78 is 4.61. The number of hydrogen-bond donors (Lipinski definition) is 0. The molecular weight excluding hydrogens is 280 g/mol. The Morgan fingerprint density at radius 3 is 2.24 bits per heavy atom. The van der Waals surface area contributed by atoms with Gasteiger partial charge in [0.1, 0.15) is 0 Å². The van der Waals surface area contributed by atoms with Crippen molar-refractivity contribution in [3.05, 3.63) is 59.7 Å². The molecule has 0 fully saturated rings. The lowest BCUT2D eigenvalue weighted by Crippen LogP contribution is -2.00. The molecule has 0 aliphatic rings. The number of hydrogen-bond acceptors (Lipinski definition) is 2. The van der Waals surface area contributed by atoms with Crippen molar-refractivity contribution < 1.29 is 8.62 Å². The average Bonchev–Trinajstić information content (AvgIpc) is 2.38. The van der Waals surface area contributed by atoms with E-state index < -0.39 is 0 Å². The lowest BCUT2D eigenvalue weighted by Gasteiger charge is -2.09. The molecule has 2 rings (SSSR count). The van der Waals surface area contributed by atoms with Gasteiger partial charge in [0, 0.05) is 0 Å². The molecule has 0 bridgehead atoms. The van der Waals surface area contributed by atoms with Gasteiger partial charge in [0.2, 0.25) is 0 Å². The molecule has 2 aromatic rings. The van der Waals surface area contributed by atoms with Crippen LogP contribution >= 0.6 is 16.3 Å². The van der Waals surface area contributed by atoms with E-state index in [0.29, 0.717) is 5.56 Å². The maximum absolute atomic E-state index is 11.6. The smallest absolute Gasteiger partial charge is 0.350 e. The van der Waals surface area contributed by atoms with Crippen LogP contribution in [0, 0.1) is 6.92 Å². The second-order valence-corrected chi connectivity index (χ2v) is 4.05. The molecule has 0 saturated carbocycles. The van der Waals surface area contributed by atoms with Gasteiger partial charge in [-0.25, -0.2) is 4.79 Å². The van der Waals surface area contributed by atoms with Gasteiger partial charge in [0.25, 0.3) is 0 Å². The van der Waals surface area contributed by atoms with Gasteiger partial charge in [-0.15, -0.1) is 0 Å². The highest BCUT2D eigenvalue weighted by molar-refractivity contribution is 9.06. The molecule has 86 valence electrons. The fourth-order valence-electron chi connectivity index (χ4n) is 1.81. The van der Waals surface area contributed by atoms with E-state index in [2.05, 4.69) is 20.1 Å². The van der Waals surface area contributed by atoms with Crippen molar-refractivity contribution in [2.75, 3.05) is 0 Å². The Hall–Kier alpha value is -1.61. The average molecular weight is 291 g/mol. The van der Waals surface area contributed by atoms with Crippen molar-refractivity contribution in [2.24, 2.45) is 0 Å². The number of carbonyl (C=O) groups excluding carboxylic acids is 1. The number of halogens is 1. The zero-order valence-corrected chi connectivity index (χ0v) is 10.9. The number of aryl methyl sites for hydroxylation is 1. The second-order valence-electron chi connectivity index (χ2n) is 3.73. The minimum Gasteiger partial charge on any atom is -0.380 e. The van der Waals surface area contributed by atoms with E-state index >= 15 is 0 Å². The summed E-state index contributed by atoms with van der Waals surface area (Å²) >= 11 is 2.73. The summed E-state index contributed by atoms with van der Waals surface area (Å²) in [6.07, 6.45) is 0. The molecule has 0 aromatic heterocycles. The van der Waals surface area contributed by atoms with Gasteiger partial charge in [-0.3, -0.25) is 0 Å². The fourth-order valence-corrected chi connectivity index (χ4v) is 1.99. The predicted octanol–water partition coefficient (Wildman–Crippen LogP) is 4.13. The van der Waals surface area contributed by atoms with Crippen molar-refractivity contribution >= 4 is 22.2 Å². The molecule has 0 radical (unpaired) electrons. The molecule has 0 saturated heterocycles. The molecule has 0 N–H and O–H groups in total. The molecule has 0 atom stereocenters. The molecule has 17 heavy (non-hydrogen) atoms. The first-order chi connectivity index (χ1) is 8.24. The minimum atomic E-state index is -0.385. The molecule has 0 spiro atoms. The Kier molecular flexibility index (Phi) is 3.59. The van der Waals surface area contributed by atoms with Crippen LogP contribution in [0.3, 0.4) is 0 Å². The van der Waals surface area contributed by atoms with Crippen LogP contribution in [0.15, 0.2) is 48.5 Å². The monoisotopic (exact) mass is 290 g/mol. The van der Waals surface area contributed by atoms with Crippen molar-refractivity contribution in [1.82, 2.24) is 0 Å². The maximum atomic E-state index is 11.6. The summed E-state index contributed by atoms with van der Waals surface area (Å²) in [7, 11) is 0. The van der Waals surface area contributed by atoms with Crippen LogP contribution in [0.4, 0.5) is 0 Å². The number of rotatable bonds is 2. The molecule has 2 aromatic carbocycles. The molecule has 2 nitrogen and oxygen atoms in total. The Bertz CT molecular complexity index is 549. The second kappa shape index (κ2) is 5.15. The lowest BCUT2D eigenvalue weighted by molar-refractivity contribution is 0.0782. The first-order valence-electron chi connectivity index (χ1n) is 5.22. The van der Waals surface area contributed by atoms with Gasteiger partial charge in [0.05, 0.1) is 5.56 Å². The van der Waals surface area contributed by atoms with Crippen LogP contribution in [-0.2, 0) is 3.83 Å². The van der Waals surface area contributed by atoms with Gasteiger partial charge in [-0.05, 0) is 29.7 Å². The highest BCUT2D eigenvalue weighted by Crippen LogP contribution is 2.27. The number of carbonyl (C=O) groups is 1. The van der Waals surface area contributed by atoms with E-state index in [1.165, 1.54) is 0 Å². The highest BCUT2D eigenvalue weighted by atomic mass is 79.9. The van der Waals surface area contributed by atoms with Crippen LogP contribution in [0.25, 0.3) is 11.1 Å². The molecular formula is C14H11BrO2. The highest BCUT2D eigenvalue weighted by Gasteiger charge is 2.13. The van der Waals surface area contributed by atoms with E-state index in [1.54, 1.807) is 6.07 Å². The van der Waals surface area contributed by atoms with E-state index in [1.807, 2.05) is 49.4 Å². The lowest BCUT2D eigenvalue weighted by atomic mass is 9.96. The van der Waals surface area contributed by atoms with Gasteiger partial charge < -0.3 is 3.83 Å². The van der Waals surface area contributed by atoms with E-state index in [-0.39, 0.29) is 5.97 Å². The predicted molar refractivity (Wildman–Crippen MR) is 71.0 cm³/mol. The topological polar surface area (TPSA) is 26.3 Å². The Morgan fingerprint density at radius 2 is 1.59 bits per heavy atom. The Balaban J connectivity index is 2.60. The summed E-state index contributed by atoms with van der Waals surface area (Å²) in [5, 5.41) is 0. The minimum absolute atomic E-state index is 0.385. The SMILES string of the molecule is Cc1ccccc1-c1ccccc1C(=O)OBr. The summed E-state index contributed by atoms with van der Waals surface area (Å²) in [6, 6.07) is 15.4. The molecule has 3 heteroatoms. The first kappa shape index (κ1) is 11.9. The van der Waals surface area contributed by atoms with E-state index in [4.69, 9.17) is 0 Å². The van der Waals surface area contributed by atoms with Crippen molar-refractivity contribution in [3.8, 4) is 11.1 Å². The third kappa shape index (κ3) is 2.39. The largest absolute Gasteiger partial charge is 0.380 e. The zero-order chi connectivity index (χ0) is 12.3. The third-order valence-corrected chi connectivity index (χ3v) is 2.95. The molecule has 0 heterocycles. The normalized spacial score (nSPS) is 10.0. The fraction of sp³-hybridized carbons (Fsp3) is 0.0714. The summed E-state index contributed by atoms with van der Waals surface area (Å²) in [6.45, 7) is 2.02. The quantitative estimate of drug-likeness (QED) is 0.831. The molecule has 0 amide bonds. The molecule has 0 unspecified atom stereocenters. The van der Waals surface area contributed by atoms with Crippen molar-refractivity contribution in [3.63, 3.8) is 0 Å². The summed E-state index contributed by atoms with van der Waals surface area (Å²) in [4.78, 5) is 11.6. The van der Waals surface area contributed by atoms with Crippen molar-refractivity contribution in [2.45, 2.75) is 6.92 Å². The van der Waals surface area contributed by atoms with Crippen LogP contribution < -0.4 is 0 Å². The first-order valence-corrected chi connectivity index (χ1v) is 5.86. The maximum Gasteiger partial charge on any atom is 0.350 e. The Morgan fingerprint density at radius 1 is 1.00 bits per heavy atom. The van der Waals surface area contributed by atoms with Gasteiger partial charge >= 0.3 is 5.97 Å². The van der Waals surface area contributed by atoms with Crippen molar-refractivity contribution in [1.29, 1.82) is 0 Å². The van der Waals surface area contributed by atoms with Crippen LogP contribution in [0.2, 0.25) is 0 Å². The van der Waals surface area contributed by atoms with Gasteiger partial charge in [-0.2, -0.15) is 0 Å². The number of benzene rings is 2. The Labute approximate surface area is 109 Å². The summed E-state index contributed by atoms with van der Waals surface area (Å²) in [5.74, 6) is -0.385. The molecule has 0 aliphatic carbocycles. The van der Waals surface area contributed by atoms with Crippen LogP contribution in [-0.4, -0.2) is 5.97 Å². The van der Waals surface area contributed by atoms with Crippen LogP contribution in [0.1, 0.15) is 15.9 Å². The van der Waals surface area contributed by atoms with Gasteiger partial charge in [0.15, 0.2) is 16.3 Å². The molecule has 0 aliphatic heterocycles.